The van der Waals surface area contributed by atoms with Gasteiger partial charge >= 0.3 is 0 Å². The summed E-state index contributed by atoms with van der Waals surface area (Å²) in [5.74, 6) is 0.390. The summed E-state index contributed by atoms with van der Waals surface area (Å²) in [7, 11) is 0. The van der Waals surface area contributed by atoms with Crippen LogP contribution in [0.25, 0.3) is 0 Å². The van der Waals surface area contributed by atoms with Crippen LogP contribution in [-0.2, 0) is 9.53 Å². The molecule has 1 saturated heterocycles. The molecule has 0 aromatic rings. The molecule has 0 unspecified atom stereocenters. The van der Waals surface area contributed by atoms with E-state index < -0.39 is 0 Å². The van der Waals surface area contributed by atoms with Gasteiger partial charge in [-0.3, -0.25) is 4.79 Å². The number of carbonyl (C=O) groups is 1. The van der Waals surface area contributed by atoms with E-state index in [1.54, 1.807) is 0 Å². The molecule has 17 heavy (non-hydrogen) atoms. The van der Waals surface area contributed by atoms with E-state index in [9.17, 15) is 4.79 Å². The molecule has 0 spiro atoms. The van der Waals surface area contributed by atoms with Gasteiger partial charge in [0.2, 0.25) is 5.91 Å². The summed E-state index contributed by atoms with van der Waals surface area (Å²) in [6, 6.07) is 0. The van der Waals surface area contributed by atoms with Crippen molar-refractivity contribution in [2.24, 2.45) is 5.92 Å². The van der Waals surface area contributed by atoms with E-state index in [1.807, 2.05) is 6.92 Å². The highest BCUT2D eigenvalue weighted by Crippen LogP contribution is 2.29. The molecular formula is C13H24N2O2. The summed E-state index contributed by atoms with van der Waals surface area (Å²) in [5.41, 5.74) is -0.0824. The second-order valence-corrected chi connectivity index (χ2v) is 5.32. The van der Waals surface area contributed by atoms with Crippen molar-refractivity contribution < 1.29 is 9.53 Å². The summed E-state index contributed by atoms with van der Waals surface area (Å²) in [6.45, 7) is 5.07. The second-order valence-electron chi connectivity index (χ2n) is 5.32. The molecule has 0 bridgehead atoms. The Bertz CT molecular complexity index is 258. The van der Waals surface area contributed by atoms with Gasteiger partial charge in [-0.15, -0.1) is 0 Å². The Kier molecular flexibility index (Phi) is 4.40. The number of hydrogen-bond acceptors (Lipinski definition) is 3. The van der Waals surface area contributed by atoms with Crippen molar-refractivity contribution in [3.05, 3.63) is 0 Å². The van der Waals surface area contributed by atoms with Crippen molar-refractivity contribution >= 4 is 5.91 Å². The van der Waals surface area contributed by atoms with E-state index in [-0.39, 0.29) is 17.4 Å². The summed E-state index contributed by atoms with van der Waals surface area (Å²) in [5, 5.41) is 6.41. The summed E-state index contributed by atoms with van der Waals surface area (Å²) in [4.78, 5) is 12.1. The zero-order chi connectivity index (χ0) is 12.1. The van der Waals surface area contributed by atoms with Crippen LogP contribution in [0.4, 0.5) is 0 Å². The minimum Gasteiger partial charge on any atom is -0.379 e. The van der Waals surface area contributed by atoms with Crippen molar-refractivity contribution in [2.75, 3.05) is 26.3 Å². The minimum atomic E-state index is -0.0824. The maximum Gasteiger partial charge on any atom is 0.226 e. The first-order valence-electron chi connectivity index (χ1n) is 6.86. The van der Waals surface area contributed by atoms with Crippen molar-refractivity contribution in [2.45, 2.75) is 44.6 Å². The van der Waals surface area contributed by atoms with Gasteiger partial charge in [0.15, 0.2) is 0 Å². The lowest BCUT2D eigenvalue weighted by Crippen LogP contribution is -2.59. The fraction of sp³-hybridized carbons (Fsp3) is 0.923. The zero-order valence-electron chi connectivity index (χ0n) is 10.8. The number of ether oxygens (including phenoxy) is 1. The van der Waals surface area contributed by atoms with Gasteiger partial charge in [0.1, 0.15) is 0 Å². The Morgan fingerprint density at radius 2 is 2.06 bits per heavy atom. The maximum atomic E-state index is 12.1. The molecule has 1 heterocycles. The SMILES string of the molecule is CCOCC1(NC(=O)C2CNC2)CCCCC1. The Balaban J connectivity index is 1.91. The van der Waals surface area contributed by atoms with Crippen molar-refractivity contribution in [3.63, 3.8) is 0 Å². The van der Waals surface area contributed by atoms with E-state index in [0.717, 1.165) is 32.5 Å². The molecule has 1 aliphatic carbocycles. The molecule has 2 fully saturated rings. The lowest BCUT2D eigenvalue weighted by molar-refractivity contribution is -0.130. The quantitative estimate of drug-likeness (QED) is 0.755. The van der Waals surface area contributed by atoms with E-state index >= 15 is 0 Å². The molecule has 4 nitrogen and oxygen atoms in total. The Hall–Kier alpha value is -0.610. The number of carbonyl (C=O) groups excluding carboxylic acids is 1. The topological polar surface area (TPSA) is 50.4 Å². The highest BCUT2D eigenvalue weighted by atomic mass is 16.5. The van der Waals surface area contributed by atoms with Crippen LogP contribution in [-0.4, -0.2) is 37.7 Å². The van der Waals surface area contributed by atoms with Crippen LogP contribution >= 0.6 is 0 Å². The average molecular weight is 240 g/mol. The first-order chi connectivity index (χ1) is 8.26. The average Bonchev–Trinajstić information content (AvgIpc) is 2.25. The van der Waals surface area contributed by atoms with Gasteiger partial charge in [-0.1, -0.05) is 19.3 Å². The van der Waals surface area contributed by atoms with E-state index in [4.69, 9.17) is 4.74 Å². The molecule has 1 saturated carbocycles. The molecule has 2 aliphatic rings. The van der Waals surface area contributed by atoms with Gasteiger partial charge in [-0.25, -0.2) is 0 Å². The standard InChI is InChI=1S/C13H24N2O2/c1-2-17-10-13(6-4-3-5-7-13)15-12(16)11-8-14-9-11/h11,14H,2-10H2,1H3,(H,15,16). The number of hydrogen-bond donors (Lipinski definition) is 2. The fourth-order valence-corrected chi connectivity index (χ4v) is 2.67. The van der Waals surface area contributed by atoms with Crippen LogP contribution in [0.15, 0.2) is 0 Å². The van der Waals surface area contributed by atoms with Gasteiger partial charge in [0, 0.05) is 19.7 Å². The molecule has 1 aliphatic heterocycles. The molecule has 0 radical (unpaired) electrons. The summed E-state index contributed by atoms with van der Waals surface area (Å²) < 4.78 is 5.58. The summed E-state index contributed by atoms with van der Waals surface area (Å²) in [6.07, 6.45) is 5.83. The third kappa shape index (κ3) is 3.19. The van der Waals surface area contributed by atoms with E-state index in [1.165, 1.54) is 19.3 Å². The van der Waals surface area contributed by atoms with Crippen LogP contribution < -0.4 is 10.6 Å². The molecule has 4 heteroatoms. The van der Waals surface area contributed by atoms with Gasteiger partial charge in [0.25, 0.3) is 0 Å². The van der Waals surface area contributed by atoms with E-state index in [0.29, 0.717) is 6.61 Å². The zero-order valence-corrected chi connectivity index (χ0v) is 10.8. The minimum absolute atomic E-state index is 0.0824. The highest BCUT2D eigenvalue weighted by Gasteiger charge is 2.36. The van der Waals surface area contributed by atoms with Crippen LogP contribution in [0.1, 0.15) is 39.0 Å². The van der Waals surface area contributed by atoms with Crippen LogP contribution in [0.2, 0.25) is 0 Å². The smallest absolute Gasteiger partial charge is 0.226 e. The van der Waals surface area contributed by atoms with Gasteiger partial charge in [0.05, 0.1) is 18.1 Å². The Morgan fingerprint density at radius 1 is 1.35 bits per heavy atom. The molecule has 0 atom stereocenters. The third-order valence-electron chi connectivity index (χ3n) is 3.93. The Morgan fingerprint density at radius 3 is 2.59 bits per heavy atom. The molecule has 0 aromatic carbocycles. The van der Waals surface area contributed by atoms with Crippen LogP contribution in [0.3, 0.4) is 0 Å². The van der Waals surface area contributed by atoms with Gasteiger partial charge in [-0.05, 0) is 19.8 Å². The number of amides is 1. The molecule has 98 valence electrons. The maximum absolute atomic E-state index is 12.1. The lowest BCUT2D eigenvalue weighted by atomic mass is 9.81. The predicted molar refractivity (Wildman–Crippen MR) is 66.8 cm³/mol. The second kappa shape index (κ2) is 5.83. The van der Waals surface area contributed by atoms with Crippen LogP contribution in [0.5, 0.6) is 0 Å². The predicted octanol–water partition coefficient (Wildman–Crippen LogP) is 1.06. The largest absolute Gasteiger partial charge is 0.379 e. The molecular weight excluding hydrogens is 216 g/mol. The van der Waals surface area contributed by atoms with Crippen molar-refractivity contribution in [3.8, 4) is 0 Å². The first kappa shape index (κ1) is 12.8. The van der Waals surface area contributed by atoms with Gasteiger partial charge < -0.3 is 15.4 Å². The number of nitrogens with one attached hydrogen (secondary N) is 2. The van der Waals surface area contributed by atoms with Crippen molar-refractivity contribution in [1.29, 1.82) is 0 Å². The van der Waals surface area contributed by atoms with Gasteiger partial charge in [-0.2, -0.15) is 0 Å². The molecule has 2 N–H and O–H groups in total. The lowest BCUT2D eigenvalue weighted by Gasteiger charge is -2.40. The molecule has 2 rings (SSSR count). The van der Waals surface area contributed by atoms with E-state index in [2.05, 4.69) is 10.6 Å². The Labute approximate surface area is 103 Å². The molecule has 0 aromatic heterocycles. The van der Waals surface area contributed by atoms with Crippen molar-refractivity contribution in [1.82, 2.24) is 10.6 Å². The monoisotopic (exact) mass is 240 g/mol. The molecule has 1 amide bonds. The number of rotatable bonds is 5. The third-order valence-corrected chi connectivity index (χ3v) is 3.93. The normalized spacial score (nSPS) is 24.1. The first-order valence-corrected chi connectivity index (χ1v) is 6.86. The summed E-state index contributed by atoms with van der Waals surface area (Å²) >= 11 is 0. The van der Waals surface area contributed by atoms with Crippen LogP contribution in [0, 0.1) is 5.92 Å². The highest BCUT2D eigenvalue weighted by molar-refractivity contribution is 5.80. The fourth-order valence-electron chi connectivity index (χ4n) is 2.67.